The van der Waals surface area contributed by atoms with Crippen LogP contribution in [-0.2, 0) is 28.6 Å². The van der Waals surface area contributed by atoms with Crippen LogP contribution in [0.25, 0.3) is 0 Å². The number of ether oxygens (including phenoxy) is 3. The van der Waals surface area contributed by atoms with Gasteiger partial charge < -0.3 is 14.2 Å². The Bertz CT molecular complexity index is 1210. The zero-order chi connectivity index (χ0) is 48.6. The molecule has 6 nitrogen and oxygen atoms in total. The van der Waals surface area contributed by atoms with E-state index in [2.05, 4.69) is 81.5 Å². The minimum atomic E-state index is -0.796. The average molecular weight is 938 g/mol. The fraction of sp³-hybridized carbons (Fsp3) is 0.787. The number of rotatable bonds is 52. The summed E-state index contributed by atoms with van der Waals surface area (Å²) in [6, 6.07) is 0. The van der Waals surface area contributed by atoms with E-state index in [1.165, 1.54) is 167 Å². The van der Waals surface area contributed by atoms with Crippen molar-refractivity contribution in [1.82, 2.24) is 0 Å². The first-order valence-electron chi connectivity index (χ1n) is 28.8. The number of hydrogen-bond acceptors (Lipinski definition) is 6. The van der Waals surface area contributed by atoms with Gasteiger partial charge in [0, 0.05) is 19.3 Å². The smallest absolute Gasteiger partial charge is 0.306 e. The summed E-state index contributed by atoms with van der Waals surface area (Å²) < 4.78 is 16.8. The minimum Gasteiger partial charge on any atom is -0.462 e. The van der Waals surface area contributed by atoms with Crippen LogP contribution in [0.2, 0.25) is 0 Å². The molecule has 0 amide bonds. The molecule has 0 saturated carbocycles. The highest BCUT2D eigenvalue weighted by Crippen LogP contribution is 2.16. The van der Waals surface area contributed by atoms with Crippen LogP contribution in [0.1, 0.15) is 290 Å². The third-order valence-electron chi connectivity index (χ3n) is 12.5. The molecule has 0 unspecified atom stereocenters. The van der Waals surface area contributed by atoms with Crippen molar-refractivity contribution in [1.29, 1.82) is 0 Å². The van der Waals surface area contributed by atoms with Gasteiger partial charge >= 0.3 is 17.9 Å². The second kappa shape index (κ2) is 55.7. The number of unbranched alkanes of at least 4 members (excludes halogenated alkanes) is 31. The van der Waals surface area contributed by atoms with Crippen LogP contribution >= 0.6 is 0 Å². The van der Waals surface area contributed by atoms with E-state index in [0.717, 1.165) is 77.0 Å². The van der Waals surface area contributed by atoms with Crippen LogP contribution in [0, 0.1) is 0 Å². The van der Waals surface area contributed by atoms with Crippen LogP contribution in [0.3, 0.4) is 0 Å². The second-order valence-corrected chi connectivity index (χ2v) is 19.2. The van der Waals surface area contributed by atoms with Crippen LogP contribution < -0.4 is 0 Å². The van der Waals surface area contributed by atoms with Gasteiger partial charge in [0.15, 0.2) is 6.10 Å². The Hall–Kier alpha value is -2.89. The van der Waals surface area contributed by atoms with E-state index in [1.807, 2.05) is 0 Å². The van der Waals surface area contributed by atoms with Crippen molar-refractivity contribution in [2.75, 3.05) is 13.2 Å². The third-order valence-corrected chi connectivity index (χ3v) is 12.5. The number of hydrogen-bond donors (Lipinski definition) is 0. The number of carbonyl (C=O) groups excluding carboxylic acids is 3. The van der Waals surface area contributed by atoms with Crippen molar-refractivity contribution in [2.45, 2.75) is 297 Å². The number of allylic oxidation sites excluding steroid dienone is 10. The Balaban J connectivity index is 4.41. The van der Waals surface area contributed by atoms with Gasteiger partial charge in [-0.05, 0) is 89.9 Å². The molecule has 0 spiro atoms. The maximum atomic E-state index is 12.8. The van der Waals surface area contributed by atoms with Crippen molar-refractivity contribution in [3.05, 3.63) is 60.8 Å². The molecule has 0 aromatic heterocycles. The van der Waals surface area contributed by atoms with Gasteiger partial charge in [0.25, 0.3) is 0 Å². The molecular formula is C61H108O6. The lowest BCUT2D eigenvalue weighted by molar-refractivity contribution is -0.167. The predicted octanol–water partition coefficient (Wildman–Crippen LogP) is 19.2. The van der Waals surface area contributed by atoms with Crippen LogP contribution in [0.5, 0.6) is 0 Å². The lowest BCUT2D eigenvalue weighted by atomic mass is 10.0. The zero-order valence-corrected chi connectivity index (χ0v) is 44.4. The first-order valence-corrected chi connectivity index (χ1v) is 28.8. The summed E-state index contributed by atoms with van der Waals surface area (Å²) in [5.74, 6) is -0.925. The van der Waals surface area contributed by atoms with Gasteiger partial charge in [-0.15, -0.1) is 0 Å². The van der Waals surface area contributed by atoms with E-state index in [4.69, 9.17) is 14.2 Å². The average Bonchev–Trinajstić information content (AvgIpc) is 3.33. The molecule has 0 aromatic rings. The van der Waals surface area contributed by atoms with Gasteiger partial charge in [0.1, 0.15) is 13.2 Å². The summed E-state index contributed by atoms with van der Waals surface area (Å²) >= 11 is 0. The molecule has 0 fully saturated rings. The SMILES string of the molecule is CCCCC/C=C\C/C=C\C/C=C\CCCCC(=O)O[C@H](COC(=O)CCCCCCCCC/C=C\C/C=C\CCCCC)COC(=O)CCCCCCCCCCCCCCCCCCC. The maximum absolute atomic E-state index is 12.8. The summed E-state index contributed by atoms with van der Waals surface area (Å²) in [7, 11) is 0. The normalized spacial score (nSPS) is 12.5. The quantitative estimate of drug-likeness (QED) is 0.0262. The highest BCUT2D eigenvalue weighted by molar-refractivity contribution is 5.71. The van der Waals surface area contributed by atoms with Crippen molar-refractivity contribution in [3.8, 4) is 0 Å². The molecule has 0 aliphatic carbocycles. The molecule has 0 saturated heterocycles. The van der Waals surface area contributed by atoms with Crippen LogP contribution in [0.4, 0.5) is 0 Å². The van der Waals surface area contributed by atoms with Crippen molar-refractivity contribution in [2.24, 2.45) is 0 Å². The predicted molar refractivity (Wildman–Crippen MR) is 288 cm³/mol. The second-order valence-electron chi connectivity index (χ2n) is 19.2. The van der Waals surface area contributed by atoms with Gasteiger partial charge in [-0.2, -0.15) is 0 Å². The third kappa shape index (κ3) is 53.9. The largest absolute Gasteiger partial charge is 0.462 e. The molecule has 0 aliphatic rings. The Morgan fingerprint density at radius 3 is 0.896 bits per heavy atom. The van der Waals surface area contributed by atoms with Gasteiger partial charge in [-0.1, -0.05) is 242 Å². The van der Waals surface area contributed by atoms with E-state index in [9.17, 15) is 14.4 Å². The molecule has 67 heavy (non-hydrogen) atoms. The molecule has 0 N–H and O–H groups in total. The summed E-state index contributed by atoms with van der Waals surface area (Å²) in [5, 5.41) is 0. The van der Waals surface area contributed by atoms with Gasteiger partial charge in [-0.25, -0.2) is 0 Å². The van der Waals surface area contributed by atoms with Gasteiger partial charge in [-0.3, -0.25) is 14.4 Å². The van der Waals surface area contributed by atoms with Crippen LogP contribution in [0.15, 0.2) is 60.8 Å². The first-order chi connectivity index (χ1) is 33.0. The minimum absolute atomic E-state index is 0.0896. The monoisotopic (exact) mass is 937 g/mol. The Labute approximate surface area is 415 Å². The van der Waals surface area contributed by atoms with E-state index >= 15 is 0 Å². The Kier molecular flexibility index (Phi) is 53.3. The maximum Gasteiger partial charge on any atom is 0.306 e. The van der Waals surface area contributed by atoms with Gasteiger partial charge in [0.2, 0.25) is 0 Å². The lowest BCUT2D eigenvalue weighted by Gasteiger charge is -2.18. The fourth-order valence-corrected chi connectivity index (χ4v) is 8.13. The summed E-state index contributed by atoms with van der Waals surface area (Å²) in [6.07, 6.45) is 69.2. The Morgan fingerprint density at radius 2 is 0.537 bits per heavy atom. The summed E-state index contributed by atoms with van der Waals surface area (Å²) in [4.78, 5) is 38.1. The van der Waals surface area contributed by atoms with Crippen LogP contribution in [-0.4, -0.2) is 37.2 Å². The number of carbonyl (C=O) groups is 3. The molecule has 0 radical (unpaired) electrons. The molecule has 1 atom stereocenters. The molecule has 0 rings (SSSR count). The molecule has 6 heteroatoms. The fourth-order valence-electron chi connectivity index (χ4n) is 8.13. The standard InChI is InChI=1S/C61H108O6/c1-4-7-10-13-16-19-22-25-28-30-33-35-38-41-44-47-50-53-59(62)65-56-58(67-61(64)55-52-49-46-43-40-37-32-27-24-21-18-15-12-9-6-3)57-66-60(63)54-51-48-45-42-39-36-34-31-29-26-23-20-17-14-11-8-5-2/h16,18-19,21,25,27-28,32,40,43,58H,4-15,17,20,22-24,26,29-31,33-39,41-42,44-57H2,1-3H3/b19-16-,21-18-,28-25-,32-27-,43-40-/t58-/m1/s1. The summed E-state index contributed by atoms with van der Waals surface area (Å²) in [5.41, 5.74) is 0. The van der Waals surface area contributed by atoms with Crippen molar-refractivity contribution >= 4 is 17.9 Å². The molecule has 0 heterocycles. The molecule has 388 valence electrons. The Morgan fingerprint density at radius 1 is 0.299 bits per heavy atom. The van der Waals surface area contributed by atoms with Crippen molar-refractivity contribution in [3.63, 3.8) is 0 Å². The first kappa shape index (κ1) is 64.1. The highest BCUT2D eigenvalue weighted by atomic mass is 16.6. The van der Waals surface area contributed by atoms with Crippen molar-refractivity contribution < 1.29 is 28.6 Å². The van der Waals surface area contributed by atoms with Gasteiger partial charge in [0.05, 0.1) is 0 Å². The topological polar surface area (TPSA) is 78.9 Å². The molecule has 0 aromatic carbocycles. The zero-order valence-electron chi connectivity index (χ0n) is 44.4. The molecule has 0 aliphatic heterocycles. The summed E-state index contributed by atoms with van der Waals surface area (Å²) in [6.45, 7) is 6.58. The number of esters is 3. The lowest BCUT2D eigenvalue weighted by Crippen LogP contribution is -2.30. The highest BCUT2D eigenvalue weighted by Gasteiger charge is 2.19. The van der Waals surface area contributed by atoms with E-state index in [1.54, 1.807) is 0 Å². The molecular weight excluding hydrogens is 829 g/mol. The van der Waals surface area contributed by atoms with E-state index in [0.29, 0.717) is 19.3 Å². The van der Waals surface area contributed by atoms with E-state index < -0.39 is 6.10 Å². The molecule has 0 bridgehead atoms. The van der Waals surface area contributed by atoms with E-state index in [-0.39, 0.29) is 37.5 Å².